The highest BCUT2D eigenvalue weighted by molar-refractivity contribution is 6.07. The summed E-state index contributed by atoms with van der Waals surface area (Å²) >= 11 is 0. The summed E-state index contributed by atoms with van der Waals surface area (Å²) < 4.78 is 10.4. The molecule has 1 aromatic rings. The Morgan fingerprint density at radius 3 is 2.50 bits per heavy atom. The van der Waals surface area contributed by atoms with Crippen molar-refractivity contribution in [2.24, 2.45) is 0 Å². The number of amides is 3. The minimum atomic E-state index is -1.15. The summed E-state index contributed by atoms with van der Waals surface area (Å²) in [7, 11) is 1.57. The van der Waals surface area contributed by atoms with Gasteiger partial charge in [-0.05, 0) is 24.6 Å². The molecular formula is C18H25N3O5. The molecule has 0 aromatic heterocycles. The van der Waals surface area contributed by atoms with Crippen LogP contribution in [-0.4, -0.2) is 79.5 Å². The molecule has 2 atom stereocenters. The lowest BCUT2D eigenvalue weighted by Crippen LogP contribution is -2.46. The number of benzene rings is 1. The fraction of sp³-hybridized carbons (Fsp3) is 0.556. The molecule has 0 radical (unpaired) electrons. The lowest BCUT2D eigenvalue weighted by atomic mass is 9.92. The van der Waals surface area contributed by atoms with Crippen LogP contribution in [0.4, 0.5) is 4.79 Å². The Bertz CT molecular complexity index is 659. The van der Waals surface area contributed by atoms with Crippen LogP contribution >= 0.6 is 0 Å². The van der Waals surface area contributed by atoms with Gasteiger partial charge in [-0.25, -0.2) is 4.79 Å². The fourth-order valence-electron chi connectivity index (χ4n) is 3.33. The zero-order valence-electron chi connectivity index (χ0n) is 15.1. The van der Waals surface area contributed by atoms with Gasteiger partial charge in [0.25, 0.3) is 5.91 Å². The number of β-amino-alcohol motifs (C(OH)–C–C–N with tert-alkyl or cyclic N) is 1. The zero-order valence-corrected chi connectivity index (χ0v) is 15.1. The maximum atomic E-state index is 12.9. The predicted octanol–water partition coefficient (Wildman–Crippen LogP) is 0.155. The molecule has 0 spiro atoms. The molecule has 8 nitrogen and oxygen atoms in total. The van der Waals surface area contributed by atoms with E-state index < -0.39 is 17.7 Å². The van der Waals surface area contributed by atoms with E-state index in [0.29, 0.717) is 31.1 Å². The molecule has 0 saturated carbocycles. The van der Waals surface area contributed by atoms with Crippen molar-refractivity contribution in [3.8, 4) is 5.75 Å². The molecule has 0 unspecified atom stereocenters. The highest BCUT2D eigenvalue weighted by Gasteiger charge is 2.49. The van der Waals surface area contributed by atoms with Gasteiger partial charge in [0, 0.05) is 19.6 Å². The molecule has 3 rings (SSSR count). The largest absolute Gasteiger partial charge is 0.497 e. The van der Waals surface area contributed by atoms with Crippen molar-refractivity contribution in [1.82, 2.24) is 15.1 Å². The van der Waals surface area contributed by atoms with Gasteiger partial charge in [-0.1, -0.05) is 12.1 Å². The van der Waals surface area contributed by atoms with Crippen LogP contribution in [0, 0.1) is 0 Å². The van der Waals surface area contributed by atoms with Crippen LogP contribution in [0.1, 0.15) is 12.5 Å². The quantitative estimate of drug-likeness (QED) is 0.700. The number of hydrogen-bond donors (Lipinski definition) is 2. The normalized spacial score (nSPS) is 25.3. The number of urea groups is 1. The number of carbonyl (C=O) groups is 2. The second-order valence-electron chi connectivity index (χ2n) is 6.77. The predicted molar refractivity (Wildman–Crippen MR) is 93.9 cm³/mol. The third kappa shape index (κ3) is 3.67. The number of imide groups is 1. The summed E-state index contributed by atoms with van der Waals surface area (Å²) in [5.74, 6) is 0.306. The van der Waals surface area contributed by atoms with Gasteiger partial charge in [0.1, 0.15) is 11.3 Å². The Labute approximate surface area is 152 Å². The van der Waals surface area contributed by atoms with E-state index in [0.717, 1.165) is 18.0 Å². The molecule has 0 aliphatic carbocycles. The van der Waals surface area contributed by atoms with E-state index in [1.165, 1.54) is 0 Å². The highest BCUT2D eigenvalue weighted by atomic mass is 16.5. The number of aliphatic hydroxyl groups is 1. The molecule has 8 heteroatoms. The molecule has 0 bridgehead atoms. The van der Waals surface area contributed by atoms with Crippen molar-refractivity contribution in [3.05, 3.63) is 29.8 Å². The van der Waals surface area contributed by atoms with Crippen LogP contribution in [0.25, 0.3) is 0 Å². The zero-order chi connectivity index (χ0) is 18.7. The van der Waals surface area contributed by atoms with Gasteiger partial charge in [-0.2, -0.15) is 0 Å². The van der Waals surface area contributed by atoms with Crippen LogP contribution in [0.2, 0.25) is 0 Å². The van der Waals surface area contributed by atoms with Gasteiger partial charge in [0.2, 0.25) is 0 Å². The van der Waals surface area contributed by atoms with E-state index in [-0.39, 0.29) is 12.5 Å². The Balaban J connectivity index is 1.67. The fourth-order valence-corrected chi connectivity index (χ4v) is 3.33. The maximum Gasteiger partial charge on any atom is 0.325 e. The van der Waals surface area contributed by atoms with Crippen molar-refractivity contribution in [1.29, 1.82) is 0 Å². The topological polar surface area (TPSA) is 91.3 Å². The molecule has 1 aromatic carbocycles. The second kappa shape index (κ2) is 7.61. The number of nitrogens with zero attached hydrogens (tertiary/aromatic N) is 2. The molecule has 2 N–H and O–H groups in total. The minimum Gasteiger partial charge on any atom is -0.497 e. The molecule has 3 amide bonds. The van der Waals surface area contributed by atoms with E-state index in [1.54, 1.807) is 38.3 Å². The molecular weight excluding hydrogens is 338 g/mol. The number of morpholine rings is 1. The molecule has 26 heavy (non-hydrogen) atoms. The van der Waals surface area contributed by atoms with E-state index in [1.807, 2.05) is 0 Å². The Hall–Kier alpha value is -2.16. The van der Waals surface area contributed by atoms with E-state index in [9.17, 15) is 14.7 Å². The van der Waals surface area contributed by atoms with Crippen LogP contribution in [0.3, 0.4) is 0 Å². The van der Waals surface area contributed by atoms with Crippen molar-refractivity contribution in [2.45, 2.75) is 18.6 Å². The van der Waals surface area contributed by atoms with E-state index in [2.05, 4.69) is 10.2 Å². The molecule has 142 valence electrons. The lowest BCUT2D eigenvalue weighted by Gasteiger charge is -2.29. The van der Waals surface area contributed by atoms with Crippen molar-refractivity contribution < 1.29 is 24.2 Å². The van der Waals surface area contributed by atoms with Crippen molar-refractivity contribution in [3.63, 3.8) is 0 Å². The van der Waals surface area contributed by atoms with Crippen LogP contribution in [0.5, 0.6) is 5.75 Å². The first-order valence-electron chi connectivity index (χ1n) is 8.71. The Morgan fingerprint density at radius 1 is 1.23 bits per heavy atom. The van der Waals surface area contributed by atoms with E-state index >= 15 is 0 Å². The number of rotatable bonds is 6. The van der Waals surface area contributed by atoms with Gasteiger partial charge in [0.05, 0.1) is 33.0 Å². The average molecular weight is 363 g/mol. The second-order valence-corrected chi connectivity index (χ2v) is 6.77. The number of methoxy groups -OCH3 is 1. The van der Waals surface area contributed by atoms with Gasteiger partial charge in [0.15, 0.2) is 0 Å². The van der Waals surface area contributed by atoms with Crippen LogP contribution in [-0.2, 0) is 15.1 Å². The lowest BCUT2D eigenvalue weighted by molar-refractivity contribution is -0.132. The molecule has 2 saturated heterocycles. The summed E-state index contributed by atoms with van der Waals surface area (Å²) in [6.07, 6.45) is -0.805. The summed E-state index contributed by atoms with van der Waals surface area (Å²) in [6.45, 7) is 4.77. The maximum absolute atomic E-state index is 12.9. The highest BCUT2D eigenvalue weighted by Crippen LogP contribution is 2.30. The SMILES string of the molecule is COc1ccc([C@@]2(C)NC(=O)N(C[C@@H](O)CN3CCOCC3)C2=O)cc1. The van der Waals surface area contributed by atoms with Crippen molar-refractivity contribution in [2.75, 3.05) is 46.5 Å². The Kier molecular flexibility index (Phi) is 5.45. The first-order chi connectivity index (χ1) is 12.4. The van der Waals surface area contributed by atoms with Crippen LogP contribution < -0.4 is 10.1 Å². The summed E-state index contributed by atoms with van der Waals surface area (Å²) in [5, 5.41) is 13.1. The standard InChI is InChI=1S/C18H25N3O5/c1-18(13-3-5-15(25-2)6-4-13)16(23)21(17(24)19-18)12-14(22)11-20-7-9-26-10-8-20/h3-6,14,22H,7-12H2,1-2H3,(H,19,24)/t14-,18+/m0/s1. The first-order valence-corrected chi connectivity index (χ1v) is 8.71. The molecule has 2 fully saturated rings. The monoisotopic (exact) mass is 363 g/mol. The van der Waals surface area contributed by atoms with Crippen LogP contribution in [0.15, 0.2) is 24.3 Å². The number of hydrogen-bond acceptors (Lipinski definition) is 6. The minimum absolute atomic E-state index is 0.0340. The molecule has 2 aliphatic rings. The van der Waals surface area contributed by atoms with Gasteiger partial charge in [-0.15, -0.1) is 0 Å². The van der Waals surface area contributed by atoms with Gasteiger partial charge < -0.3 is 19.9 Å². The number of ether oxygens (including phenoxy) is 2. The van der Waals surface area contributed by atoms with Crippen molar-refractivity contribution >= 4 is 11.9 Å². The first kappa shape index (κ1) is 18.6. The molecule has 2 heterocycles. The number of nitrogens with one attached hydrogen (secondary N) is 1. The Morgan fingerprint density at radius 2 is 1.88 bits per heavy atom. The third-order valence-electron chi connectivity index (χ3n) is 4.91. The molecule has 2 aliphatic heterocycles. The van der Waals surface area contributed by atoms with Gasteiger partial charge >= 0.3 is 6.03 Å². The summed E-state index contributed by atoms with van der Waals surface area (Å²) in [4.78, 5) is 28.4. The third-order valence-corrected chi connectivity index (χ3v) is 4.91. The summed E-state index contributed by atoms with van der Waals surface area (Å²) in [6, 6.07) is 6.51. The summed E-state index contributed by atoms with van der Waals surface area (Å²) in [5.41, 5.74) is -0.482. The number of aliphatic hydroxyl groups excluding tert-OH is 1. The average Bonchev–Trinajstić information content (AvgIpc) is 2.86. The smallest absolute Gasteiger partial charge is 0.325 e. The van der Waals surface area contributed by atoms with E-state index in [4.69, 9.17) is 9.47 Å². The number of carbonyl (C=O) groups excluding carboxylic acids is 2. The van der Waals surface area contributed by atoms with Gasteiger partial charge in [-0.3, -0.25) is 14.6 Å².